The van der Waals surface area contributed by atoms with E-state index in [0.717, 1.165) is 0 Å². The van der Waals surface area contributed by atoms with Crippen LogP contribution in [0.3, 0.4) is 0 Å². The molecule has 0 aromatic carbocycles. The molecule has 0 aromatic heterocycles. The maximum Gasteiger partial charge on any atom is 0.458 e. The summed E-state index contributed by atoms with van der Waals surface area (Å²) in [6, 6.07) is 0. The van der Waals surface area contributed by atoms with E-state index in [0.29, 0.717) is 5.92 Å². The van der Waals surface area contributed by atoms with Crippen molar-refractivity contribution in [2.24, 2.45) is 0 Å². The third kappa shape index (κ3) is 4.69. The lowest BCUT2D eigenvalue weighted by atomic mass is 10.3. The number of hydrogen-bond donors (Lipinski definition) is 0. The molecule has 0 heterocycles. The fraction of sp³-hybridized carbons (Fsp3) is 0.333. The van der Waals surface area contributed by atoms with Crippen molar-refractivity contribution in [2.75, 3.05) is 0 Å². The van der Waals surface area contributed by atoms with Gasteiger partial charge >= 0.3 is 12.4 Å². The van der Waals surface area contributed by atoms with E-state index in [1.54, 1.807) is 0 Å². The molecule has 0 rings (SSSR count). The molecule has 0 aliphatic carbocycles. The van der Waals surface area contributed by atoms with Crippen LogP contribution in [-0.2, 0) is 0 Å². The second kappa shape index (κ2) is 3.86. The summed E-state index contributed by atoms with van der Waals surface area (Å²) in [6.45, 7) is 0. The average Bonchev–Trinajstić information content (AvgIpc) is 1.79. The van der Waals surface area contributed by atoms with Gasteiger partial charge in [-0.3, -0.25) is 0 Å². The van der Waals surface area contributed by atoms with Crippen LogP contribution in [0.15, 0.2) is 11.7 Å². The van der Waals surface area contributed by atoms with Crippen molar-refractivity contribution in [2.45, 2.75) is 12.4 Å². The smallest absolute Gasteiger partial charge is 0.172 e. The van der Waals surface area contributed by atoms with Gasteiger partial charge in [-0.05, 0) is 5.92 Å². The minimum absolute atomic E-state index is 0.102. The van der Waals surface area contributed by atoms with Crippen LogP contribution >= 0.6 is 0 Å². The van der Waals surface area contributed by atoms with E-state index in [1.165, 1.54) is 0 Å². The first-order valence-electron chi connectivity index (χ1n) is 2.76. The van der Waals surface area contributed by atoms with E-state index < -0.39 is 24.0 Å². The summed E-state index contributed by atoms with van der Waals surface area (Å²) in [6.07, 6.45) is -14.1. The highest BCUT2D eigenvalue weighted by molar-refractivity contribution is 5.34. The van der Waals surface area contributed by atoms with Crippen LogP contribution in [-0.4, -0.2) is 12.4 Å². The van der Waals surface area contributed by atoms with Crippen molar-refractivity contribution in [3.8, 4) is 11.8 Å². The Morgan fingerprint density at radius 2 is 1.29 bits per heavy atom. The lowest BCUT2D eigenvalue weighted by Gasteiger charge is -2.03. The summed E-state index contributed by atoms with van der Waals surface area (Å²) in [5, 5.41) is 0. The average molecular weight is 224 g/mol. The molecule has 0 N–H and O–H groups in total. The SMILES string of the molecule is FC(F)=C(C#CC(F)(F)F)C(F)(F)F. The third-order valence-electron chi connectivity index (χ3n) is 0.802. The Hall–Kier alpha value is -1.26. The van der Waals surface area contributed by atoms with Crippen molar-refractivity contribution < 1.29 is 35.1 Å². The molecule has 0 bridgehead atoms. The first kappa shape index (κ1) is 12.7. The fourth-order valence-electron chi connectivity index (χ4n) is 0.359. The van der Waals surface area contributed by atoms with Crippen LogP contribution in [0.2, 0.25) is 0 Å². The highest BCUT2D eigenvalue weighted by Gasteiger charge is 2.37. The van der Waals surface area contributed by atoms with Gasteiger partial charge in [-0.15, -0.1) is 0 Å². The molecule has 0 amide bonds. The van der Waals surface area contributed by atoms with Crippen molar-refractivity contribution >= 4 is 0 Å². The molecular weight excluding hydrogens is 224 g/mol. The second-order valence-electron chi connectivity index (χ2n) is 1.88. The molecule has 0 atom stereocenters. The molecule has 0 radical (unpaired) electrons. The van der Waals surface area contributed by atoms with E-state index in [1.807, 2.05) is 0 Å². The van der Waals surface area contributed by atoms with Gasteiger partial charge in [-0.25, -0.2) is 0 Å². The molecule has 0 aromatic rings. The van der Waals surface area contributed by atoms with Gasteiger partial charge in [0.2, 0.25) is 0 Å². The van der Waals surface area contributed by atoms with Gasteiger partial charge in [0.15, 0.2) is 5.57 Å². The van der Waals surface area contributed by atoms with Crippen LogP contribution in [0.5, 0.6) is 0 Å². The molecule has 0 nitrogen and oxygen atoms in total. The van der Waals surface area contributed by atoms with Crippen LogP contribution < -0.4 is 0 Å². The molecular formula is C6F8. The van der Waals surface area contributed by atoms with Gasteiger partial charge < -0.3 is 0 Å². The summed E-state index contributed by atoms with van der Waals surface area (Å²) in [5.41, 5.74) is -2.78. The number of allylic oxidation sites excluding steroid dienone is 1. The van der Waals surface area contributed by atoms with Crippen LogP contribution in [0.1, 0.15) is 0 Å². The third-order valence-corrected chi connectivity index (χ3v) is 0.802. The number of rotatable bonds is 0. The Morgan fingerprint density at radius 1 is 0.857 bits per heavy atom. The first-order valence-corrected chi connectivity index (χ1v) is 2.76. The molecule has 0 saturated heterocycles. The van der Waals surface area contributed by atoms with Crippen molar-refractivity contribution in [1.82, 2.24) is 0 Å². The zero-order valence-corrected chi connectivity index (χ0v) is 6.02. The van der Waals surface area contributed by atoms with Gasteiger partial charge in [-0.2, -0.15) is 35.1 Å². The molecule has 0 saturated carbocycles. The molecule has 0 aliphatic rings. The minimum atomic E-state index is -5.59. The van der Waals surface area contributed by atoms with Crippen molar-refractivity contribution in [3.63, 3.8) is 0 Å². The van der Waals surface area contributed by atoms with E-state index in [2.05, 4.69) is 0 Å². The monoisotopic (exact) mass is 224 g/mol. The topological polar surface area (TPSA) is 0 Å². The van der Waals surface area contributed by atoms with Crippen molar-refractivity contribution in [1.29, 1.82) is 0 Å². The second-order valence-corrected chi connectivity index (χ2v) is 1.88. The normalized spacial score (nSPS) is 11.7. The van der Waals surface area contributed by atoms with E-state index in [9.17, 15) is 35.1 Å². The largest absolute Gasteiger partial charge is 0.458 e. The Kier molecular flexibility index (Phi) is 3.51. The maximum atomic E-state index is 11.5. The predicted molar refractivity (Wildman–Crippen MR) is 29.1 cm³/mol. The summed E-state index contributed by atoms with van der Waals surface area (Å²) in [5.74, 6) is 0.431. The quantitative estimate of drug-likeness (QED) is 0.437. The first-order chi connectivity index (χ1) is 6.04. The summed E-state index contributed by atoms with van der Waals surface area (Å²) in [7, 11) is 0. The minimum Gasteiger partial charge on any atom is -0.172 e. The van der Waals surface area contributed by atoms with Gasteiger partial charge in [-0.1, -0.05) is 0 Å². The number of alkyl halides is 6. The Balaban J connectivity index is 5.11. The Morgan fingerprint density at radius 3 is 1.50 bits per heavy atom. The molecule has 0 fully saturated rings. The molecule has 0 spiro atoms. The Labute approximate surface area is 72.2 Å². The van der Waals surface area contributed by atoms with Gasteiger partial charge in [0.1, 0.15) is 0 Å². The van der Waals surface area contributed by atoms with E-state index >= 15 is 0 Å². The van der Waals surface area contributed by atoms with Gasteiger partial charge in [0.05, 0.1) is 0 Å². The Bertz CT molecular complexity index is 289. The molecule has 8 heteroatoms. The standard InChI is InChI=1S/C6F8/c7-4(8)3(6(12,13)14)1-2-5(9,10)11. The molecule has 14 heavy (non-hydrogen) atoms. The molecule has 80 valence electrons. The fourth-order valence-corrected chi connectivity index (χ4v) is 0.359. The van der Waals surface area contributed by atoms with E-state index in [-0.39, 0.29) is 5.92 Å². The zero-order chi connectivity index (χ0) is 11.6. The highest BCUT2D eigenvalue weighted by Crippen LogP contribution is 2.29. The zero-order valence-electron chi connectivity index (χ0n) is 6.02. The van der Waals surface area contributed by atoms with Gasteiger partial charge in [0.25, 0.3) is 6.08 Å². The van der Waals surface area contributed by atoms with Crippen molar-refractivity contribution in [3.05, 3.63) is 11.7 Å². The summed E-state index contributed by atoms with van der Waals surface area (Å²) >= 11 is 0. The van der Waals surface area contributed by atoms with Crippen LogP contribution in [0.4, 0.5) is 35.1 Å². The number of hydrogen-bond acceptors (Lipinski definition) is 0. The number of halogens is 8. The lowest BCUT2D eigenvalue weighted by Crippen LogP contribution is -2.12. The lowest BCUT2D eigenvalue weighted by molar-refractivity contribution is -0.0907. The van der Waals surface area contributed by atoms with Crippen LogP contribution in [0.25, 0.3) is 0 Å². The molecule has 0 unspecified atom stereocenters. The van der Waals surface area contributed by atoms with Gasteiger partial charge in [0, 0.05) is 5.92 Å². The maximum absolute atomic E-state index is 11.5. The highest BCUT2D eigenvalue weighted by atomic mass is 19.4. The van der Waals surface area contributed by atoms with Crippen LogP contribution in [0, 0.1) is 11.8 Å². The predicted octanol–water partition coefficient (Wildman–Crippen LogP) is 3.26. The summed E-state index contributed by atoms with van der Waals surface area (Å²) < 4.78 is 91.3. The van der Waals surface area contributed by atoms with E-state index in [4.69, 9.17) is 0 Å². The molecule has 0 aliphatic heterocycles. The summed E-state index contributed by atoms with van der Waals surface area (Å²) in [4.78, 5) is 0.